The summed E-state index contributed by atoms with van der Waals surface area (Å²) < 4.78 is 4.60. The summed E-state index contributed by atoms with van der Waals surface area (Å²) in [7, 11) is 1.37. The van der Waals surface area contributed by atoms with Gasteiger partial charge in [0.1, 0.15) is 0 Å². The Kier molecular flexibility index (Phi) is 7.46. The SMILES string of the molecule is CCc1ccc(NC(=O)CN(CC)CCC(=O)OC)cc1. The summed E-state index contributed by atoms with van der Waals surface area (Å²) in [6.07, 6.45) is 1.27. The molecule has 1 aromatic carbocycles. The fraction of sp³-hybridized carbons (Fsp3) is 0.500. The summed E-state index contributed by atoms with van der Waals surface area (Å²) in [6, 6.07) is 7.82. The fourth-order valence-electron chi connectivity index (χ4n) is 1.93. The monoisotopic (exact) mass is 292 g/mol. The molecule has 116 valence electrons. The smallest absolute Gasteiger partial charge is 0.306 e. The number of amides is 1. The van der Waals surface area contributed by atoms with Crippen molar-refractivity contribution in [3.63, 3.8) is 0 Å². The van der Waals surface area contributed by atoms with Crippen LogP contribution in [0.5, 0.6) is 0 Å². The van der Waals surface area contributed by atoms with E-state index < -0.39 is 0 Å². The molecule has 1 rings (SSSR count). The summed E-state index contributed by atoms with van der Waals surface area (Å²) in [5.74, 6) is -0.338. The van der Waals surface area contributed by atoms with Crippen molar-refractivity contribution in [3.05, 3.63) is 29.8 Å². The normalized spacial score (nSPS) is 10.5. The van der Waals surface area contributed by atoms with Crippen molar-refractivity contribution < 1.29 is 14.3 Å². The Hall–Kier alpha value is -1.88. The maximum Gasteiger partial charge on any atom is 0.306 e. The molecule has 0 aliphatic rings. The molecule has 5 heteroatoms. The van der Waals surface area contributed by atoms with Crippen LogP contribution in [0.3, 0.4) is 0 Å². The largest absolute Gasteiger partial charge is 0.469 e. The number of hydrogen-bond acceptors (Lipinski definition) is 4. The van der Waals surface area contributed by atoms with Crippen LogP contribution in [0.1, 0.15) is 25.8 Å². The molecule has 0 heterocycles. The van der Waals surface area contributed by atoms with Gasteiger partial charge in [-0.3, -0.25) is 14.5 Å². The van der Waals surface area contributed by atoms with Gasteiger partial charge in [0.2, 0.25) is 5.91 Å². The van der Waals surface area contributed by atoms with Crippen LogP contribution < -0.4 is 5.32 Å². The molecule has 5 nitrogen and oxygen atoms in total. The highest BCUT2D eigenvalue weighted by Gasteiger charge is 2.11. The van der Waals surface area contributed by atoms with Crippen LogP contribution in [0, 0.1) is 0 Å². The molecule has 0 saturated carbocycles. The van der Waals surface area contributed by atoms with Gasteiger partial charge in [-0.2, -0.15) is 0 Å². The summed E-state index contributed by atoms with van der Waals surface area (Å²) in [4.78, 5) is 25.0. The van der Waals surface area contributed by atoms with Gasteiger partial charge < -0.3 is 10.1 Å². The topological polar surface area (TPSA) is 58.6 Å². The highest BCUT2D eigenvalue weighted by atomic mass is 16.5. The molecule has 0 spiro atoms. The van der Waals surface area contributed by atoms with Crippen LogP contribution in [0.15, 0.2) is 24.3 Å². The fourth-order valence-corrected chi connectivity index (χ4v) is 1.93. The van der Waals surface area contributed by atoms with Crippen LogP contribution in [0.25, 0.3) is 0 Å². The number of nitrogens with zero attached hydrogens (tertiary/aromatic N) is 1. The van der Waals surface area contributed by atoms with Crippen molar-refractivity contribution in [2.24, 2.45) is 0 Å². The van der Waals surface area contributed by atoms with E-state index in [-0.39, 0.29) is 18.4 Å². The lowest BCUT2D eigenvalue weighted by molar-refractivity contribution is -0.141. The number of esters is 1. The maximum atomic E-state index is 12.0. The van der Waals surface area contributed by atoms with E-state index in [1.807, 2.05) is 36.1 Å². The Morgan fingerprint density at radius 1 is 1.19 bits per heavy atom. The van der Waals surface area contributed by atoms with E-state index in [0.29, 0.717) is 19.5 Å². The number of aryl methyl sites for hydroxylation is 1. The number of benzene rings is 1. The van der Waals surface area contributed by atoms with Crippen LogP contribution in [0.4, 0.5) is 5.69 Å². The van der Waals surface area contributed by atoms with Gasteiger partial charge in [0.15, 0.2) is 0 Å². The van der Waals surface area contributed by atoms with Gasteiger partial charge in [0.25, 0.3) is 0 Å². The molecule has 0 saturated heterocycles. The number of methoxy groups -OCH3 is 1. The van der Waals surface area contributed by atoms with Crippen molar-refractivity contribution in [2.75, 3.05) is 32.1 Å². The van der Waals surface area contributed by atoms with Crippen molar-refractivity contribution in [3.8, 4) is 0 Å². The first kappa shape index (κ1) is 17.2. The molecule has 0 bridgehead atoms. The number of anilines is 1. The molecule has 21 heavy (non-hydrogen) atoms. The second-order valence-electron chi connectivity index (χ2n) is 4.79. The minimum Gasteiger partial charge on any atom is -0.469 e. The van der Waals surface area contributed by atoms with Crippen LogP contribution in [0.2, 0.25) is 0 Å². The number of nitrogens with one attached hydrogen (secondary N) is 1. The lowest BCUT2D eigenvalue weighted by Gasteiger charge is -2.19. The van der Waals surface area contributed by atoms with E-state index in [4.69, 9.17) is 0 Å². The molecule has 0 radical (unpaired) electrons. The van der Waals surface area contributed by atoms with Crippen molar-refractivity contribution in [2.45, 2.75) is 26.7 Å². The Morgan fingerprint density at radius 2 is 1.86 bits per heavy atom. The number of carbonyl (C=O) groups is 2. The van der Waals surface area contributed by atoms with Crippen molar-refractivity contribution in [1.29, 1.82) is 0 Å². The maximum absolute atomic E-state index is 12.0. The van der Waals surface area contributed by atoms with Crippen molar-refractivity contribution in [1.82, 2.24) is 4.90 Å². The number of rotatable bonds is 8. The Morgan fingerprint density at radius 3 is 2.38 bits per heavy atom. The van der Waals surface area contributed by atoms with Crippen molar-refractivity contribution >= 4 is 17.6 Å². The van der Waals surface area contributed by atoms with Gasteiger partial charge >= 0.3 is 5.97 Å². The number of hydrogen-bond donors (Lipinski definition) is 1. The first-order valence-electron chi connectivity index (χ1n) is 7.27. The second kappa shape index (κ2) is 9.13. The molecule has 1 amide bonds. The zero-order valence-electron chi connectivity index (χ0n) is 13.0. The third kappa shape index (κ3) is 6.40. The van der Waals surface area contributed by atoms with E-state index in [2.05, 4.69) is 17.0 Å². The average molecular weight is 292 g/mol. The zero-order chi connectivity index (χ0) is 15.7. The average Bonchev–Trinajstić information content (AvgIpc) is 2.51. The standard InChI is InChI=1S/C16H24N2O3/c1-4-13-6-8-14(9-7-13)17-15(19)12-18(5-2)11-10-16(20)21-3/h6-9H,4-5,10-12H2,1-3H3,(H,17,19). The summed E-state index contributed by atoms with van der Waals surface area (Å²) in [5.41, 5.74) is 2.03. The minimum atomic E-state index is -0.260. The van der Waals surface area contributed by atoms with Gasteiger partial charge in [-0.25, -0.2) is 0 Å². The first-order chi connectivity index (χ1) is 10.1. The Balaban J connectivity index is 2.44. The molecule has 0 aromatic heterocycles. The number of likely N-dealkylation sites (N-methyl/N-ethyl adjacent to an activating group) is 1. The number of ether oxygens (including phenoxy) is 1. The molecule has 0 aliphatic carbocycles. The van der Waals surface area contributed by atoms with Gasteiger partial charge in [0.05, 0.1) is 20.1 Å². The molecule has 0 fully saturated rings. The summed E-state index contributed by atoms with van der Waals surface area (Å²) >= 11 is 0. The summed E-state index contributed by atoms with van der Waals surface area (Å²) in [5, 5.41) is 2.86. The lowest BCUT2D eigenvalue weighted by Crippen LogP contribution is -2.34. The van der Waals surface area contributed by atoms with Crippen LogP contribution in [-0.2, 0) is 20.7 Å². The molecule has 0 unspecified atom stereocenters. The molecule has 0 atom stereocenters. The summed E-state index contributed by atoms with van der Waals surface area (Å²) in [6.45, 7) is 5.54. The zero-order valence-corrected chi connectivity index (χ0v) is 13.0. The third-order valence-electron chi connectivity index (χ3n) is 3.32. The molecule has 1 aromatic rings. The quantitative estimate of drug-likeness (QED) is 0.745. The second-order valence-corrected chi connectivity index (χ2v) is 4.79. The molecular formula is C16H24N2O3. The molecule has 1 N–H and O–H groups in total. The van der Waals surface area contributed by atoms with Crippen LogP contribution in [-0.4, -0.2) is 43.5 Å². The van der Waals surface area contributed by atoms with E-state index >= 15 is 0 Å². The van der Waals surface area contributed by atoms with Crippen LogP contribution >= 0.6 is 0 Å². The van der Waals surface area contributed by atoms with Gasteiger partial charge in [-0.05, 0) is 30.7 Å². The molecular weight excluding hydrogens is 268 g/mol. The molecule has 0 aliphatic heterocycles. The van der Waals surface area contributed by atoms with E-state index in [0.717, 1.165) is 12.1 Å². The Labute approximate surface area is 126 Å². The predicted octanol–water partition coefficient (Wildman–Crippen LogP) is 2.07. The minimum absolute atomic E-state index is 0.0778. The third-order valence-corrected chi connectivity index (χ3v) is 3.32. The highest BCUT2D eigenvalue weighted by molar-refractivity contribution is 5.92. The predicted molar refractivity (Wildman–Crippen MR) is 83.2 cm³/mol. The van der Waals surface area contributed by atoms with Gasteiger partial charge in [-0.1, -0.05) is 26.0 Å². The Bertz CT molecular complexity index is 457. The van der Waals surface area contributed by atoms with E-state index in [9.17, 15) is 9.59 Å². The van der Waals surface area contributed by atoms with Gasteiger partial charge in [-0.15, -0.1) is 0 Å². The highest BCUT2D eigenvalue weighted by Crippen LogP contribution is 2.10. The first-order valence-corrected chi connectivity index (χ1v) is 7.27. The number of carbonyl (C=O) groups excluding carboxylic acids is 2. The van der Waals surface area contributed by atoms with E-state index in [1.165, 1.54) is 12.7 Å². The van der Waals surface area contributed by atoms with Gasteiger partial charge in [0, 0.05) is 12.2 Å². The lowest BCUT2D eigenvalue weighted by atomic mass is 10.1. The van der Waals surface area contributed by atoms with E-state index in [1.54, 1.807) is 0 Å².